The Morgan fingerprint density at radius 1 is 1.20 bits per heavy atom. The predicted molar refractivity (Wildman–Crippen MR) is 94.0 cm³/mol. The monoisotopic (exact) mass is 351 g/mol. The zero-order valence-corrected chi connectivity index (χ0v) is 14.0. The summed E-state index contributed by atoms with van der Waals surface area (Å²) in [5.74, 6) is -0.473. The third kappa shape index (κ3) is 2.34. The molecule has 0 bridgehead atoms. The summed E-state index contributed by atoms with van der Waals surface area (Å²) in [7, 11) is 0. The summed E-state index contributed by atoms with van der Waals surface area (Å²) in [4.78, 5) is 28.1. The number of aldehydes is 1. The molecular formula is C19H13NO4S. The van der Waals surface area contributed by atoms with Crippen LogP contribution in [0.3, 0.4) is 0 Å². The smallest absolute Gasteiger partial charge is 0.352 e. The molecule has 4 rings (SSSR count). The van der Waals surface area contributed by atoms with Crippen LogP contribution < -0.4 is 4.74 Å². The van der Waals surface area contributed by atoms with Crippen LogP contribution in [0.15, 0.2) is 48.5 Å². The minimum Gasteiger partial charge on any atom is -0.478 e. The molecule has 1 aliphatic heterocycles. The zero-order chi connectivity index (χ0) is 17.6. The lowest BCUT2D eigenvalue weighted by atomic mass is 9.88. The van der Waals surface area contributed by atoms with E-state index in [-0.39, 0.29) is 0 Å². The Morgan fingerprint density at radius 3 is 2.64 bits per heavy atom. The zero-order valence-electron chi connectivity index (χ0n) is 13.2. The molecule has 2 heterocycles. The van der Waals surface area contributed by atoms with Gasteiger partial charge in [0.1, 0.15) is 16.5 Å². The molecule has 0 radical (unpaired) electrons. The molecule has 1 aromatic heterocycles. The number of carbonyl (C=O) groups excluding carboxylic acids is 1. The van der Waals surface area contributed by atoms with E-state index in [9.17, 15) is 14.7 Å². The maximum atomic E-state index is 11.4. The van der Waals surface area contributed by atoms with E-state index in [1.807, 2.05) is 36.4 Å². The van der Waals surface area contributed by atoms with E-state index in [0.29, 0.717) is 22.0 Å². The van der Waals surface area contributed by atoms with Gasteiger partial charge in [-0.05, 0) is 30.7 Å². The number of aromatic nitrogens is 1. The standard InChI is InChI=1S/C19H13NO4S/c1-19(18(22)23)13-9-12(7-8-15(13)24-19)17-20-14(10-21)16(25-17)11-5-3-2-4-6-11/h2-10H,1H3,(H,22,23). The van der Waals surface area contributed by atoms with Crippen molar-refractivity contribution in [1.29, 1.82) is 0 Å². The van der Waals surface area contributed by atoms with E-state index >= 15 is 0 Å². The predicted octanol–water partition coefficient (Wildman–Crippen LogP) is 3.98. The molecule has 0 saturated heterocycles. The van der Waals surface area contributed by atoms with Gasteiger partial charge >= 0.3 is 5.97 Å². The number of hydrogen-bond acceptors (Lipinski definition) is 5. The third-order valence-electron chi connectivity index (χ3n) is 4.26. The molecule has 1 unspecified atom stereocenters. The number of rotatable bonds is 4. The lowest BCUT2D eigenvalue weighted by molar-refractivity contribution is -0.159. The molecule has 0 saturated carbocycles. The molecular weight excluding hydrogens is 338 g/mol. The van der Waals surface area contributed by atoms with Crippen molar-refractivity contribution in [1.82, 2.24) is 4.98 Å². The van der Waals surface area contributed by atoms with Crippen molar-refractivity contribution in [2.75, 3.05) is 0 Å². The number of ether oxygens (including phenoxy) is 1. The number of carbonyl (C=O) groups is 2. The van der Waals surface area contributed by atoms with Gasteiger partial charge in [0, 0.05) is 11.1 Å². The fourth-order valence-corrected chi connectivity index (χ4v) is 3.88. The number of benzene rings is 2. The second-order valence-electron chi connectivity index (χ2n) is 5.87. The van der Waals surface area contributed by atoms with Crippen LogP contribution in [0.2, 0.25) is 0 Å². The van der Waals surface area contributed by atoms with Crippen molar-refractivity contribution >= 4 is 23.6 Å². The lowest BCUT2D eigenvalue weighted by Crippen LogP contribution is -2.45. The highest BCUT2D eigenvalue weighted by atomic mass is 32.1. The van der Waals surface area contributed by atoms with E-state index in [0.717, 1.165) is 22.3 Å². The van der Waals surface area contributed by atoms with Crippen LogP contribution in [-0.2, 0) is 10.4 Å². The number of hydrogen-bond donors (Lipinski definition) is 1. The first kappa shape index (κ1) is 15.5. The van der Waals surface area contributed by atoms with Gasteiger partial charge in [-0.15, -0.1) is 11.3 Å². The van der Waals surface area contributed by atoms with Gasteiger partial charge in [-0.25, -0.2) is 9.78 Å². The Labute approximate surface area is 147 Å². The first-order chi connectivity index (χ1) is 12.0. The molecule has 1 aliphatic rings. The van der Waals surface area contributed by atoms with Crippen LogP contribution >= 0.6 is 11.3 Å². The highest BCUT2D eigenvalue weighted by Gasteiger charge is 2.48. The molecule has 6 heteroatoms. The van der Waals surface area contributed by atoms with Crippen LogP contribution in [-0.4, -0.2) is 22.3 Å². The summed E-state index contributed by atoms with van der Waals surface area (Å²) in [5.41, 5.74) is 1.35. The maximum absolute atomic E-state index is 11.4. The first-order valence-corrected chi connectivity index (χ1v) is 8.43. The van der Waals surface area contributed by atoms with Crippen LogP contribution in [0.4, 0.5) is 0 Å². The van der Waals surface area contributed by atoms with Crippen molar-refractivity contribution in [3.63, 3.8) is 0 Å². The molecule has 0 spiro atoms. The molecule has 2 aromatic carbocycles. The summed E-state index contributed by atoms with van der Waals surface area (Å²) in [6.45, 7) is 1.52. The topological polar surface area (TPSA) is 76.5 Å². The summed E-state index contributed by atoms with van der Waals surface area (Å²) in [6, 6.07) is 14.9. The van der Waals surface area contributed by atoms with Crippen molar-refractivity contribution in [2.45, 2.75) is 12.5 Å². The first-order valence-electron chi connectivity index (χ1n) is 7.61. The van der Waals surface area contributed by atoms with E-state index in [1.54, 1.807) is 12.1 Å². The van der Waals surface area contributed by atoms with E-state index in [1.165, 1.54) is 18.3 Å². The van der Waals surface area contributed by atoms with Gasteiger partial charge in [-0.1, -0.05) is 30.3 Å². The molecule has 0 fully saturated rings. The molecule has 25 heavy (non-hydrogen) atoms. The van der Waals surface area contributed by atoms with Crippen molar-refractivity contribution in [3.8, 4) is 26.8 Å². The lowest BCUT2D eigenvalue weighted by Gasteiger charge is -2.37. The summed E-state index contributed by atoms with van der Waals surface area (Å²) < 4.78 is 5.37. The molecule has 0 aliphatic carbocycles. The second kappa shape index (κ2) is 5.53. The molecule has 3 aromatic rings. The number of carboxylic acids is 1. The van der Waals surface area contributed by atoms with Crippen LogP contribution in [0, 0.1) is 0 Å². The Morgan fingerprint density at radius 2 is 1.96 bits per heavy atom. The van der Waals surface area contributed by atoms with Gasteiger partial charge in [0.05, 0.1) is 4.88 Å². The maximum Gasteiger partial charge on any atom is 0.352 e. The SMILES string of the molecule is CC1(C(=O)O)Oc2ccc(-c3nc(C=O)c(-c4ccccc4)s3)cc21. The van der Waals surface area contributed by atoms with Gasteiger partial charge in [0.25, 0.3) is 0 Å². The second-order valence-corrected chi connectivity index (χ2v) is 6.87. The van der Waals surface area contributed by atoms with Gasteiger partial charge in [0.2, 0.25) is 5.60 Å². The highest BCUT2D eigenvalue weighted by Crippen LogP contribution is 2.46. The molecule has 1 atom stereocenters. The van der Waals surface area contributed by atoms with Crippen LogP contribution in [0.1, 0.15) is 23.0 Å². The Hall–Kier alpha value is -2.99. The fraction of sp³-hybridized carbons (Fsp3) is 0.105. The minimum absolute atomic E-state index is 0.381. The fourth-order valence-electron chi connectivity index (χ4n) is 2.84. The van der Waals surface area contributed by atoms with Crippen LogP contribution in [0.25, 0.3) is 21.0 Å². The van der Waals surface area contributed by atoms with Gasteiger partial charge in [0.15, 0.2) is 6.29 Å². The number of fused-ring (bicyclic) bond motifs is 1. The molecule has 124 valence electrons. The number of nitrogens with zero attached hydrogens (tertiary/aromatic N) is 1. The van der Waals surface area contributed by atoms with Gasteiger partial charge < -0.3 is 9.84 Å². The quantitative estimate of drug-likeness (QED) is 0.720. The van der Waals surface area contributed by atoms with Gasteiger partial charge in [-0.2, -0.15) is 0 Å². The number of carboxylic acid groups (broad SMARTS) is 1. The Bertz CT molecular complexity index is 996. The molecule has 5 nitrogen and oxygen atoms in total. The van der Waals surface area contributed by atoms with Crippen molar-refractivity contribution < 1.29 is 19.4 Å². The van der Waals surface area contributed by atoms with Crippen molar-refractivity contribution in [3.05, 3.63) is 59.8 Å². The van der Waals surface area contributed by atoms with E-state index in [2.05, 4.69) is 4.98 Å². The Kier molecular flexibility index (Phi) is 3.43. The molecule has 0 amide bonds. The third-order valence-corrected chi connectivity index (χ3v) is 5.43. The minimum atomic E-state index is -1.33. The highest BCUT2D eigenvalue weighted by molar-refractivity contribution is 7.18. The summed E-state index contributed by atoms with van der Waals surface area (Å²) in [6.07, 6.45) is 0.744. The Balaban J connectivity index is 1.80. The number of aliphatic carboxylic acids is 1. The normalized spacial score (nSPS) is 18.0. The van der Waals surface area contributed by atoms with Crippen molar-refractivity contribution in [2.24, 2.45) is 0 Å². The summed E-state index contributed by atoms with van der Waals surface area (Å²) in [5, 5.41) is 10.0. The molecule has 1 N–H and O–H groups in total. The summed E-state index contributed by atoms with van der Waals surface area (Å²) >= 11 is 1.41. The van der Waals surface area contributed by atoms with Gasteiger partial charge in [-0.3, -0.25) is 4.79 Å². The average molecular weight is 351 g/mol. The average Bonchev–Trinajstić information content (AvgIpc) is 3.05. The van der Waals surface area contributed by atoms with E-state index in [4.69, 9.17) is 4.74 Å². The largest absolute Gasteiger partial charge is 0.478 e. The van der Waals surface area contributed by atoms with E-state index < -0.39 is 11.6 Å². The number of thiazole rings is 1. The van der Waals surface area contributed by atoms with Crippen LogP contribution in [0.5, 0.6) is 5.75 Å².